The maximum Gasteiger partial charge on any atom is 0.418 e. The van der Waals surface area contributed by atoms with Gasteiger partial charge in [0.25, 0.3) is 11.8 Å². The summed E-state index contributed by atoms with van der Waals surface area (Å²) in [5.41, 5.74) is 1.67. The Balaban J connectivity index is 1.35. The van der Waals surface area contributed by atoms with Crippen molar-refractivity contribution in [3.05, 3.63) is 42.5 Å². The lowest BCUT2D eigenvalue weighted by atomic mass is 10.3. The molecule has 2 aliphatic rings. The van der Waals surface area contributed by atoms with E-state index in [0.29, 0.717) is 24.8 Å². The minimum Gasteiger partial charge on any atom is -0.387 e. The second-order valence-corrected chi connectivity index (χ2v) is 7.61. The summed E-state index contributed by atoms with van der Waals surface area (Å²) in [6.45, 7) is 0.933. The number of aromatic nitrogens is 6. The number of ether oxygens (including phenoxy) is 1. The van der Waals surface area contributed by atoms with E-state index in [1.807, 2.05) is 0 Å². The van der Waals surface area contributed by atoms with E-state index in [9.17, 15) is 9.59 Å². The van der Waals surface area contributed by atoms with Gasteiger partial charge in [0.05, 0.1) is 55.0 Å². The summed E-state index contributed by atoms with van der Waals surface area (Å²) in [5, 5.41) is 10.9. The standard InChI is InChI=1S/C20H21N9O4/c1-28-16(19(30)29-5-2-6-32-29)15(10-24-28)27-20(31)33-18-17(25-13-7-21-11-22-8-13)23-9-14(26-18)12-3-4-12/h7-12H,2-6H2,1H3,(H,23,25)(H,27,31). The quantitative estimate of drug-likeness (QED) is 0.570. The van der Waals surface area contributed by atoms with Gasteiger partial charge in [-0.05, 0) is 19.3 Å². The lowest BCUT2D eigenvalue weighted by molar-refractivity contribution is -0.0773. The first-order chi connectivity index (χ1) is 16.1. The van der Waals surface area contributed by atoms with Gasteiger partial charge < -0.3 is 10.1 Å². The van der Waals surface area contributed by atoms with Crippen molar-refractivity contribution >= 4 is 29.2 Å². The second-order valence-electron chi connectivity index (χ2n) is 7.61. The zero-order chi connectivity index (χ0) is 22.8. The fraction of sp³-hybridized carbons (Fsp3) is 0.350. The summed E-state index contributed by atoms with van der Waals surface area (Å²) in [6.07, 6.45) is 9.47. The van der Waals surface area contributed by atoms with Crippen molar-refractivity contribution in [2.45, 2.75) is 25.2 Å². The molecule has 3 aromatic heterocycles. The molecule has 13 nitrogen and oxygen atoms in total. The van der Waals surface area contributed by atoms with Crippen LogP contribution >= 0.6 is 0 Å². The highest BCUT2D eigenvalue weighted by Crippen LogP contribution is 2.40. The zero-order valence-corrected chi connectivity index (χ0v) is 17.8. The molecule has 2 fully saturated rings. The average Bonchev–Trinajstić information content (AvgIpc) is 3.39. The smallest absolute Gasteiger partial charge is 0.387 e. The number of aryl methyl sites for hydroxylation is 1. The molecule has 2 N–H and O–H groups in total. The predicted molar refractivity (Wildman–Crippen MR) is 114 cm³/mol. The van der Waals surface area contributed by atoms with Crippen LogP contribution in [0.1, 0.15) is 41.4 Å². The third-order valence-corrected chi connectivity index (χ3v) is 5.12. The lowest BCUT2D eigenvalue weighted by Gasteiger charge is -2.15. The normalized spacial score (nSPS) is 15.4. The van der Waals surface area contributed by atoms with Crippen LogP contribution in [0.3, 0.4) is 0 Å². The Labute approximate surface area is 188 Å². The molecule has 3 aromatic rings. The number of nitrogens with one attached hydrogen (secondary N) is 2. The van der Waals surface area contributed by atoms with Crippen LogP contribution < -0.4 is 15.4 Å². The molecule has 0 spiro atoms. The average molecular weight is 451 g/mol. The first-order valence-electron chi connectivity index (χ1n) is 10.4. The first-order valence-corrected chi connectivity index (χ1v) is 10.4. The number of anilines is 3. The molecule has 33 heavy (non-hydrogen) atoms. The van der Waals surface area contributed by atoms with Gasteiger partial charge in [-0.15, -0.1) is 0 Å². The number of hydroxylamine groups is 2. The summed E-state index contributed by atoms with van der Waals surface area (Å²) in [7, 11) is 1.61. The summed E-state index contributed by atoms with van der Waals surface area (Å²) < 4.78 is 6.86. The van der Waals surface area contributed by atoms with Crippen LogP contribution in [-0.4, -0.2) is 59.9 Å². The molecule has 1 saturated heterocycles. The van der Waals surface area contributed by atoms with Crippen molar-refractivity contribution in [1.82, 2.24) is 34.8 Å². The van der Waals surface area contributed by atoms with E-state index in [-0.39, 0.29) is 23.1 Å². The van der Waals surface area contributed by atoms with Gasteiger partial charge in [0, 0.05) is 13.0 Å². The fourth-order valence-electron chi connectivity index (χ4n) is 3.35. The van der Waals surface area contributed by atoms with E-state index in [2.05, 4.69) is 35.7 Å². The van der Waals surface area contributed by atoms with Gasteiger partial charge in [-0.1, -0.05) is 0 Å². The highest BCUT2D eigenvalue weighted by molar-refractivity contribution is 6.01. The third kappa shape index (κ3) is 4.57. The molecule has 0 unspecified atom stereocenters. The van der Waals surface area contributed by atoms with Gasteiger partial charge in [-0.3, -0.25) is 19.6 Å². The van der Waals surface area contributed by atoms with Gasteiger partial charge in [-0.25, -0.2) is 29.8 Å². The molecule has 0 atom stereocenters. The molecule has 5 rings (SSSR count). The number of carbonyl (C=O) groups is 2. The summed E-state index contributed by atoms with van der Waals surface area (Å²) in [4.78, 5) is 47.6. The summed E-state index contributed by atoms with van der Waals surface area (Å²) >= 11 is 0. The van der Waals surface area contributed by atoms with Crippen molar-refractivity contribution < 1.29 is 19.2 Å². The highest BCUT2D eigenvalue weighted by Gasteiger charge is 2.29. The van der Waals surface area contributed by atoms with Crippen LogP contribution in [0.25, 0.3) is 0 Å². The monoisotopic (exact) mass is 451 g/mol. The van der Waals surface area contributed by atoms with Gasteiger partial charge in [0.15, 0.2) is 11.5 Å². The van der Waals surface area contributed by atoms with Crippen molar-refractivity contribution in [2.75, 3.05) is 23.8 Å². The van der Waals surface area contributed by atoms with Crippen molar-refractivity contribution in [2.24, 2.45) is 7.05 Å². The Hall–Kier alpha value is -4.13. The molecule has 0 bridgehead atoms. The lowest BCUT2D eigenvalue weighted by Crippen LogP contribution is -2.30. The molecular formula is C20H21N9O4. The largest absolute Gasteiger partial charge is 0.418 e. The maximum absolute atomic E-state index is 12.8. The first kappa shape index (κ1) is 20.8. The van der Waals surface area contributed by atoms with Gasteiger partial charge in [0.1, 0.15) is 6.33 Å². The Morgan fingerprint density at radius 2 is 2.00 bits per heavy atom. The van der Waals surface area contributed by atoms with Crippen LogP contribution in [0.2, 0.25) is 0 Å². The van der Waals surface area contributed by atoms with Gasteiger partial charge in [-0.2, -0.15) is 5.10 Å². The fourth-order valence-corrected chi connectivity index (χ4v) is 3.35. The van der Waals surface area contributed by atoms with E-state index >= 15 is 0 Å². The molecule has 1 aliphatic heterocycles. The Kier molecular flexibility index (Phi) is 5.52. The number of nitrogens with zero attached hydrogens (tertiary/aromatic N) is 7. The number of hydrogen-bond acceptors (Lipinski definition) is 10. The van der Waals surface area contributed by atoms with Crippen molar-refractivity contribution in [3.8, 4) is 5.88 Å². The second kappa shape index (κ2) is 8.78. The van der Waals surface area contributed by atoms with Crippen LogP contribution in [0, 0.1) is 0 Å². The number of rotatable bonds is 6. The van der Waals surface area contributed by atoms with Crippen LogP contribution in [0.15, 0.2) is 31.1 Å². The molecule has 2 amide bonds. The minimum absolute atomic E-state index is 0.000367. The predicted octanol–water partition coefficient (Wildman–Crippen LogP) is 2.01. The molecule has 13 heteroatoms. The Morgan fingerprint density at radius 3 is 2.73 bits per heavy atom. The Bertz CT molecular complexity index is 1170. The minimum atomic E-state index is -0.839. The van der Waals surface area contributed by atoms with Crippen molar-refractivity contribution in [3.63, 3.8) is 0 Å². The number of carbonyl (C=O) groups excluding carboxylic acids is 2. The maximum atomic E-state index is 12.8. The van der Waals surface area contributed by atoms with E-state index in [4.69, 9.17) is 9.57 Å². The van der Waals surface area contributed by atoms with Crippen LogP contribution in [0.4, 0.5) is 22.0 Å². The Morgan fingerprint density at radius 1 is 1.18 bits per heavy atom. The van der Waals surface area contributed by atoms with Gasteiger partial charge in [0.2, 0.25) is 0 Å². The molecule has 0 aromatic carbocycles. The van der Waals surface area contributed by atoms with E-state index < -0.39 is 12.0 Å². The van der Waals surface area contributed by atoms with E-state index in [1.165, 1.54) is 22.3 Å². The SMILES string of the molecule is Cn1ncc(NC(=O)Oc2nc(C3CC3)cnc2Nc2cncnc2)c1C(=O)N1CCCO1. The molecule has 4 heterocycles. The van der Waals surface area contributed by atoms with Crippen molar-refractivity contribution in [1.29, 1.82) is 0 Å². The number of amides is 2. The molecule has 170 valence electrons. The topological polar surface area (TPSA) is 149 Å². The summed E-state index contributed by atoms with van der Waals surface area (Å²) in [6, 6.07) is 0. The third-order valence-electron chi connectivity index (χ3n) is 5.12. The number of hydrogen-bond donors (Lipinski definition) is 2. The van der Waals surface area contributed by atoms with E-state index in [0.717, 1.165) is 25.0 Å². The highest BCUT2D eigenvalue weighted by atomic mass is 16.7. The van der Waals surface area contributed by atoms with E-state index in [1.54, 1.807) is 25.6 Å². The molecule has 1 aliphatic carbocycles. The molecular weight excluding hydrogens is 430 g/mol. The van der Waals surface area contributed by atoms with Gasteiger partial charge >= 0.3 is 6.09 Å². The van der Waals surface area contributed by atoms with Crippen LogP contribution in [-0.2, 0) is 11.9 Å². The van der Waals surface area contributed by atoms with Crippen LogP contribution in [0.5, 0.6) is 5.88 Å². The molecule has 0 radical (unpaired) electrons. The summed E-state index contributed by atoms with van der Waals surface area (Å²) in [5.74, 6) is 0.141. The zero-order valence-electron chi connectivity index (χ0n) is 17.8. The molecule has 1 saturated carbocycles.